The fourth-order valence-corrected chi connectivity index (χ4v) is 8.31. The zero-order valence-electron chi connectivity index (χ0n) is 41.8. The Kier molecular flexibility index (Phi) is 52.7. The van der Waals surface area contributed by atoms with E-state index in [1.807, 2.05) is 0 Å². The lowest BCUT2D eigenvalue weighted by molar-refractivity contribution is -0.147. The number of ether oxygens (including phenoxy) is 2. The number of unbranched alkanes of at least 4 members (excludes halogenated alkanes) is 34. The lowest BCUT2D eigenvalue weighted by Gasteiger charge is -2.18. The van der Waals surface area contributed by atoms with Crippen LogP contribution in [0.25, 0.3) is 0 Å². The van der Waals surface area contributed by atoms with E-state index in [1.165, 1.54) is 244 Å². The van der Waals surface area contributed by atoms with Gasteiger partial charge in [0, 0.05) is 13.0 Å². The van der Waals surface area contributed by atoms with Gasteiger partial charge in [-0.15, -0.1) is 0 Å². The van der Waals surface area contributed by atoms with Crippen molar-refractivity contribution in [3.05, 3.63) is 36.5 Å². The Morgan fingerprint density at radius 2 is 0.726 bits per heavy atom. The van der Waals surface area contributed by atoms with Crippen LogP contribution in [0, 0.1) is 0 Å². The second-order valence-electron chi connectivity index (χ2n) is 18.8. The van der Waals surface area contributed by atoms with Gasteiger partial charge >= 0.3 is 5.97 Å². The highest BCUT2D eigenvalue weighted by Gasteiger charge is 2.10. The third-order valence-corrected chi connectivity index (χ3v) is 12.5. The average molecular weight is 873 g/mol. The molecule has 0 bridgehead atoms. The molecule has 0 radical (unpaired) electrons. The molecule has 62 heavy (non-hydrogen) atoms. The van der Waals surface area contributed by atoms with E-state index in [9.17, 15) is 9.90 Å². The van der Waals surface area contributed by atoms with Gasteiger partial charge in [-0.25, -0.2) is 0 Å². The first-order valence-corrected chi connectivity index (χ1v) is 27.6. The van der Waals surface area contributed by atoms with Gasteiger partial charge in [0.1, 0.15) is 12.7 Å². The number of hydrogen-bond acceptors (Lipinski definition) is 5. The van der Waals surface area contributed by atoms with Crippen LogP contribution in [-0.2, 0) is 14.3 Å². The Labute approximate surface area is 387 Å². The van der Waals surface area contributed by atoms with Crippen molar-refractivity contribution in [1.82, 2.24) is 0 Å². The first-order valence-electron chi connectivity index (χ1n) is 27.6. The van der Waals surface area contributed by atoms with Crippen molar-refractivity contribution in [2.45, 2.75) is 302 Å². The van der Waals surface area contributed by atoms with E-state index in [0.29, 0.717) is 12.5 Å². The second-order valence-corrected chi connectivity index (χ2v) is 18.8. The Morgan fingerprint density at radius 1 is 0.419 bits per heavy atom. The number of esters is 1. The molecule has 366 valence electrons. The molecule has 0 amide bonds. The highest BCUT2D eigenvalue weighted by Crippen LogP contribution is 2.19. The number of rotatable bonds is 52. The maximum atomic E-state index is 11.6. The van der Waals surface area contributed by atoms with Crippen molar-refractivity contribution in [2.75, 3.05) is 19.8 Å². The topological polar surface area (TPSA) is 76.0 Å². The zero-order chi connectivity index (χ0) is 44.9. The summed E-state index contributed by atoms with van der Waals surface area (Å²) in [6.45, 7) is 5.05. The van der Waals surface area contributed by atoms with Crippen LogP contribution in [-0.4, -0.2) is 48.2 Å². The summed E-state index contributed by atoms with van der Waals surface area (Å²) in [5.41, 5.74) is 0. The molecule has 0 aromatic carbocycles. The van der Waals surface area contributed by atoms with E-state index in [4.69, 9.17) is 14.6 Å². The molecule has 0 spiro atoms. The van der Waals surface area contributed by atoms with Crippen LogP contribution in [0.4, 0.5) is 0 Å². The molecular formula is C57H108O5. The number of allylic oxidation sites excluding steroid dienone is 6. The normalized spacial score (nSPS) is 13.0. The summed E-state index contributed by atoms with van der Waals surface area (Å²) in [7, 11) is 0. The molecule has 2 N–H and O–H groups in total. The number of aliphatic hydroxyl groups is 2. The predicted molar refractivity (Wildman–Crippen MR) is 271 cm³/mol. The molecule has 5 heteroatoms. The van der Waals surface area contributed by atoms with Gasteiger partial charge < -0.3 is 19.7 Å². The molecule has 0 aromatic rings. The number of carbonyl (C=O) groups excluding carboxylic acids is 1. The minimum absolute atomic E-state index is 0.116. The molecule has 0 heterocycles. The van der Waals surface area contributed by atoms with E-state index in [1.54, 1.807) is 0 Å². The molecule has 0 aliphatic carbocycles. The summed E-state index contributed by atoms with van der Waals surface area (Å²) in [5.74, 6) is -0.284. The Hall–Kier alpha value is -1.43. The highest BCUT2D eigenvalue weighted by molar-refractivity contribution is 5.69. The van der Waals surface area contributed by atoms with E-state index in [0.717, 1.165) is 32.3 Å². The third kappa shape index (κ3) is 51.2. The molecule has 0 aliphatic heterocycles. The monoisotopic (exact) mass is 873 g/mol. The van der Waals surface area contributed by atoms with Gasteiger partial charge in [-0.3, -0.25) is 4.79 Å². The molecule has 5 nitrogen and oxygen atoms in total. The maximum Gasteiger partial charge on any atom is 0.305 e. The van der Waals surface area contributed by atoms with Crippen LogP contribution in [0.1, 0.15) is 290 Å². The number of carbonyl (C=O) groups is 1. The first-order chi connectivity index (χ1) is 30.6. The summed E-state index contributed by atoms with van der Waals surface area (Å²) < 4.78 is 11.5. The van der Waals surface area contributed by atoms with Gasteiger partial charge in [-0.2, -0.15) is 0 Å². The standard InChI is InChI=1S/C57H108O5/c1-3-5-7-9-11-13-15-17-19-24-28-32-36-40-44-48-52-61-56(49-45-41-37-33-29-25-21-18-16-14-12-10-8-6-4-2)50-46-42-38-34-30-26-22-20-23-27-31-35-39-43-47-51-57(60)62-54-55(59)53-58/h17-21,23,55-56,58-59H,3-16,22,24-54H2,1-2H3/b19-17-,21-18-,23-20-. The van der Waals surface area contributed by atoms with Gasteiger partial charge in [0.15, 0.2) is 0 Å². The lowest BCUT2D eigenvalue weighted by Crippen LogP contribution is -2.21. The van der Waals surface area contributed by atoms with Crippen LogP contribution in [0.2, 0.25) is 0 Å². The van der Waals surface area contributed by atoms with Crippen molar-refractivity contribution in [3.8, 4) is 0 Å². The fourth-order valence-electron chi connectivity index (χ4n) is 8.31. The summed E-state index contributed by atoms with van der Waals surface area (Å²) in [5, 5.41) is 18.0. The van der Waals surface area contributed by atoms with E-state index >= 15 is 0 Å². The zero-order valence-corrected chi connectivity index (χ0v) is 41.8. The maximum absolute atomic E-state index is 11.6. The molecule has 0 aliphatic rings. The van der Waals surface area contributed by atoms with Crippen LogP contribution in [0.15, 0.2) is 36.5 Å². The summed E-state index contributed by atoms with van der Waals surface area (Å²) >= 11 is 0. The molecule has 0 rings (SSSR count). The van der Waals surface area contributed by atoms with Crippen LogP contribution in [0.5, 0.6) is 0 Å². The summed E-state index contributed by atoms with van der Waals surface area (Å²) in [4.78, 5) is 11.6. The SMILES string of the molecule is CCCCCCCC/C=C\CCCCCCCCOC(CCCCCCC/C=C\CCCCCCCC)CCCCCCCC/C=C\CCCCCCCC(=O)OCC(O)CO. The quantitative estimate of drug-likeness (QED) is 0.0362. The smallest absolute Gasteiger partial charge is 0.305 e. The number of aliphatic hydroxyl groups excluding tert-OH is 2. The van der Waals surface area contributed by atoms with E-state index < -0.39 is 6.10 Å². The first kappa shape index (κ1) is 60.6. The van der Waals surface area contributed by atoms with Crippen molar-refractivity contribution in [2.24, 2.45) is 0 Å². The van der Waals surface area contributed by atoms with Crippen molar-refractivity contribution in [1.29, 1.82) is 0 Å². The van der Waals surface area contributed by atoms with Gasteiger partial charge in [-0.05, 0) is 103 Å². The van der Waals surface area contributed by atoms with E-state index in [-0.39, 0.29) is 19.2 Å². The molecule has 2 atom stereocenters. The van der Waals surface area contributed by atoms with Crippen LogP contribution < -0.4 is 0 Å². The molecular weight excluding hydrogens is 765 g/mol. The molecule has 2 unspecified atom stereocenters. The largest absolute Gasteiger partial charge is 0.463 e. The second kappa shape index (κ2) is 53.9. The lowest BCUT2D eigenvalue weighted by atomic mass is 10.0. The molecule has 0 fully saturated rings. The van der Waals surface area contributed by atoms with Gasteiger partial charge in [0.25, 0.3) is 0 Å². The fraction of sp³-hybridized carbons (Fsp3) is 0.877. The minimum Gasteiger partial charge on any atom is -0.463 e. The predicted octanol–water partition coefficient (Wildman–Crippen LogP) is 17.8. The van der Waals surface area contributed by atoms with Crippen LogP contribution >= 0.6 is 0 Å². The Balaban J connectivity index is 4.07. The van der Waals surface area contributed by atoms with E-state index in [2.05, 4.69) is 50.3 Å². The highest BCUT2D eigenvalue weighted by atomic mass is 16.5. The minimum atomic E-state index is -0.972. The van der Waals surface area contributed by atoms with Gasteiger partial charge in [0.2, 0.25) is 0 Å². The molecule has 0 aromatic heterocycles. The van der Waals surface area contributed by atoms with Crippen molar-refractivity contribution in [3.63, 3.8) is 0 Å². The molecule has 0 saturated heterocycles. The third-order valence-electron chi connectivity index (χ3n) is 12.5. The Bertz CT molecular complexity index is 943. The van der Waals surface area contributed by atoms with Crippen molar-refractivity contribution < 1.29 is 24.5 Å². The van der Waals surface area contributed by atoms with Crippen molar-refractivity contribution >= 4 is 5.97 Å². The van der Waals surface area contributed by atoms with Crippen LogP contribution in [0.3, 0.4) is 0 Å². The molecule has 0 saturated carbocycles. The van der Waals surface area contributed by atoms with Gasteiger partial charge in [0.05, 0.1) is 12.7 Å². The van der Waals surface area contributed by atoms with Gasteiger partial charge in [-0.1, -0.05) is 217 Å². The Morgan fingerprint density at radius 3 is 1.08 bits per heavy atom. The average Bonchev–Trinajstić information content (AvgIpc) is 3.28. The summed E-state index contributed by atoms with van der Waals surface area (Å²) in [6, 6.07) is 0. The summed E-state index contributed by atoms with van der Waals surface area (Å²) in [6.07, 6.45) is 69.4. The number of hydrogen-bond donors (Lipinski definition) is 2.